The van der Waals surface area contributed by atoms with Gasteiger partial charge < -0.3 is 15.2 Å². The van der Waals surface area contributed by atoms with E-state index in [0.717, 1.165) is 11.1 Å². The molecule has 0 bridgehead atoms. The molecule has 1 fully saturated rings. The van der Waals surface area contributed by atoms with Gasteiger partial charge in [0.05, 0.1) is 12.5 Å². The van der Waals surface area contributed by atoms with Crippen molar-refractivity contribution in [1.82, 2.24) is 5.32 Å². The van der Waals surface area contributed by atoms with Gasteiger partial charge >= 0.3 is 5.97 Å². The molecule has 0 aliphatic carbocycles. The molecule has 3 rings (SSSR count). The number of hydrogen-bond donors (Lipinski definition) is 2. The van der Waals surface area contributed by atoms with Crippen molar-refractivity contribution in [3.63, 3.8) is 0 Å². The number of carbonyl (C=O) groups excluding carboxylic acids is 1. The third-order valence-electron chi connectivity index (χ3n) is 3.97. The first kappa shape index (κ1) is 17.7. The molecule has 1 aliphatic heterocycles. The highest BCUT2D eigenvalue weighted by Crippen LogP contribution is 2.38. The van der Waals surface area contributed by atoms with Crippen molar-refractivity contribution in [3.8, 4) is 0 Å². The SMILES string of the molecule is O=C(O)CC1O[C@@H](c2cccc(Cl)c2)[C@@H](c2ccc(Cl)cc2)NC1=O. The van der Waals surface area contributed by atoms with E-state index in [9.17, 15) is 9.59 Å². The first-order chi connectivity index (χ1) is 11.9. The first-order valence-electron chi connectivity index (χ1n) is 7.62. The lowest BCUT2D eigenvalue weighted by atomic mass is 9.93. The number of ether oxygens (including phenoxy) is 1. The smallest absolute Gasteiger partial charge is 0.306 e. The van der Waals surface area contributed by atoms with E-state index in [-0.39, 0.29) is 0 Å². The van der Waals surface area contributed by atoms with Crippen molar-refractivity contribution in [2.45, 2.75) is 24.7 Å². The summed E-state index contributed by atoms with van der Waals surface area (Å²) < 4.78 is 5.86. The number of rotatable bonds is 4. The van der Waals surface area contributed by atoms with Crippen LogP contribution in [0.5, 0.6) is 0 Å². The Morgan fingerprint density at radius 2 is 1.80 bits per heavy atom. The van der Waals surface area contributed by atoms with Gasteiger partial charge in [-0.15, -0.1) is 0 Å². The molecule has 0 radical (unpaired) electrons. The number of nitrogens with one attached hydrogen (secondary N) is 1. The highest BCUT2D eigenvalue weighted by molar-refractivity contribution is 6.30. The molecule has 1 unspecified atom stereocenters. The number of benzene rings is 2. The van der Waals surface area contributed by atoms with Gasteiger partial charge in [-0.3, -0.25) is 9.59 Å². The fourth-order valence-corrected chi connectivity index (χ4v) is 3.15. The summed E-state index contributed by atoms with van der Waals surface area (Å²) in [5, 5.41) is 13.0. The average Bonchev–Trinajstić information content (AvgIpc) is 2.57. The van der Waals surface area contributed by atoms with E-state index in [2.05, 4.69) is 5.32 Å². The molecule has 0 saturated carbocycles. The number of carbonyl (C=O) groups is 2. The summed E-state index contributed by atoms with van der Waals surface area (Å²) in [7, 11) is 0. The van der Waals surface area contributed by atoms with Crippen LogP contribution in [0, 0.1) is 0 Å². The molecule has 2 aromatic carbocycles. The summed E-state index contributed by atoms with van der Waals surface area (Å²) in [6.45, 7) is 0. The van der Waals surface area contributed by atoms with E-state index in [4.69, 9.17) is 33.0 Å². The Kier molecular flexibility index (Phi) is 5.27. The van der Waals surface area contributed by atoms with Crippen LogP contribution in [0.25, 0.3) is 0 Å². The maximum absolute atomic E-state index is 12.3. The van der Waals surface area contributed by atoms with E-state index in [1.807, 2.05) is 6.07 Å². The van der Waals surface area contributed by atoms with Gasteiger partial charge in [0, 0.05) is 10.0 Å². The van der Waals surface area contributed by atoms with Crippen molar-refractivity contribution in [2.75, 3.05) is 0 Å². The van der Waals surface area contributed by atoms with Crippen LogP contribution in [-0.2, 0) is 14.3 Å². The van der Waals surface area contributed by atoms with Crippen LogP contribution in [0.3, 0.4) is 0 Å². The second-order valence-corrected chi connectivity index (χ2v) is 6.61. The van der Waals surface area contributed by atoms with Gasteiger partial charge in [-0.1, -0.05) is 47.5 Å². The summed E-state index contributed by atoms with van der Waals surface area (Å²) >= 11 is 12.0. The Morgan fingerprint density at radius 3 is 2.44 bits per heavy atom. The second kappa shape index (κ2) is 7.44. The number of hydrogen-bond acceptors (Lipinski definition) is 3. The summed E-state index contributed by atoms with van der Waals surface area (Å²) in [4.78, 5) is 23.3. The standard InChI is InChI=1S/C18H15Cl2NO4/c19-12-6-4-10(5-7-12)16-17(11-2-1-3-13(20)8-11)25-14(9-15(22)23)18(24)21-16/h1-8,14,16-17H,9H2,(H,21,24)(H,22,23)/t14?,16-,17+/m1/s1. The van der Waals surface area contributed by atoms with Crippen molar-refractivity contribution in [3.05, 3.63) is 69.7 Å². The Labute approximate surface area is 154 Å². The quantitative estimate of drug-likeness (QED) is 0.847. The minimum atomic E-state index is -1.10. The third-order valence-corrected chi connectivity index (χ3v) is 4.46. The Balaban J connectivity index is 1.97. The molecular formula is C18H15Cl2NO4. The fraction of sp³-hybridized carbons (Fsp3) is 0.222. The van der Waals surface area contributed by atoms with E-state index in [0.29, 0.717) is 10.0 Å². The molecule has 3 atom stereocenters. The highest BCUT2D eigenvalue weighted by Gasteiger charge is 2.39. The minimum absolute atomic E-state index is 0.407. The van der Waals surface area contributed by atoms with Crippen LogP contribution in [-0.4, -0.2) is 23.1 Å². The zero-order chi connectivity index (χ0) is 18.0. The van der Waals surface area contributed by atoms with Crippen molar-refractivity contribution in [1.29, 1.82) is 0 Å². The van der Waals surface area contributed by atoms with E-state index in [1.165, 1.54) is 0 Å². The van der Waals surface area contributed by atoms with Crippen LogP contribution in [0.1, 0.15) is 29.7 Å². The van der Waals surface area contributed by atoms with E-state index in [1.54, 1.807) is 42.5 Å². The zero-order valence-corrected chi connectivity index (χ0v) is 14.5. The van der Waals surface area contributed by atoms with Crippen LogP contribution in [0.15, 0.2) is 48.5 Å². The molecule has 1 amide bonds. The summed E-state index contributed by atoms with van der Waals surface area (Å²) in [5.74, 6) is -1.56. The maximum Gasteiger partial charge on any atom is 0.306 e. The van der Waals surface area contributed by atoms with Gasteiger partial charge in [0.1, 0.15) is 12.2 Å². The molecular weight excluding hydrogens is 365 g/mol. The molecule has 1 heterocycles. The molecule has 1 saturated heterocycles. The van der Waals surface area contributed by atoms with Gasteiger partial charge in [-0.2, -0.15) is 0 Å². The van der Waals surface area contributed by atoms with E-state index < -0.39 is 36.5 Å². The molecule has 2 N–H and O–H groups in total. The van der Waals surface area contributed by atoms with Crippen LogP contribution < -0.4 is 5.32 Å². The first-order valence-corrected chi connectivity index (χ1v) is 8.38. The largest absolute Gasteiger partial charge is 0.481 e. The summed E-state index contributed by atoms with van der Waals surface area (Å²) in [5.41, 5.74) is 1.55. The number of carboxylic acid groups (broad SMARTS) is 1. The normalized spacial score (nSPS) is 23.1. The summed E-state index contributed by atoms with van der Waals surface area (Å²) in [6.07, 6.45) is -2.04. The van der Waals surface area contributed by atoms with E-state index >= 15 is 0 Å². The lowest BCUT2D eigenvalue weighted by Gasteiger charge is -2.37. The predicted molar refractivity (Wildman–Crippen MR) is 93.7 cm³/mol. The van der Waals surface area contributed by atoms with Crippen molar-refractivity contribution < 1.29 is 19.4 Å². The van der Waals surface area contributed by atoms with Gasteiger partial charge in [-0.25, -0.2) is 0 Å². The Morgan fingerprint density at radius 1 is 1.08 bits per heavy atom. The third kappa shape index (κ3) is 4.12. The molecule has 1 aliphatic rings. The fourth-order valence-electron chi connectivity index (χ4n) is 2.82. The minimum Gasteiger partial charge on any atom is -0.481 e. The summed E-state index contributed by atoms with van der Waals surface area (Å²) in [6, 6.07) is 13.6. The molecule has 130 valence electrons. The highest BCUT2D eigenvalue weighted by atomic mass is 35.5. The molecule has 0 aromatic heterocycles. The average molecular weight is 380 g/mol. The number of amides is 1. The number of halogens is 2. The Bertz CT molecular complexity index is 794. The van der Waals surface area contributed by atoms with Crippen molar-refractivity contribution in [2.24, 2.45) is 0 Å². The van der Waals surface area contributed by atoms with Gasteiger partial charge in [-0.05, 0) is 35.4 Å². The topological polar surface area (TPSA) is 75.6 Å². The molecule has 7 heteroatoms. The molecule has 2 aromatic rings. The zero-order valence-electron chi connectivity index (χ0n) is 13.0. The second-order valence-electron chi connectivity index (χ2n) is 5.74. The Hall–Kier alpha value is -2.08. The molecule has 5 nitrogen and oxygen atoms in total. The monoisotopic (exact) mass is 379 g/mol. The van der Waals surface area contributed by atoms with Gasteiger partial charge in [0.25, 0.3) is 0 Å². The molecule has 0 spiro atoms. The van der Waals surface area contributed by atoms with Gasteiger partial charge in [0.2, 0.25) is 5.91 Å². The molecule has 25 heavy (non-hydrogen) atoms. The lowest BCUT2D eigenvalue weighted by Crippen LogP contribution is -2.48. The maximum atomic E-state index is 12.3. The van der Waals surface area contributed by atoms with Gasteiger partial charge in [0.15, 0.2) is 0 Å². The number of carboxylic acids is 1. The van der Waals surface area contributed by atoms with Crippen LogP contribution in [0.4, 0.5) is 0 Å². The van der Waals surface area contributed by atoms with Crippen LogP contribution >= 0.6 is 23.2 Å². The predicted octanol–water partition coefficient (Wildman–Crippen LogP) is 3.77. The number of morpholine rings is 1. The lowest BCUT2D eigenvalue weighted by molar-refractivity contribution is -0.159. The van der Waals surface area contributed by atoms with Crippen LogP contribution in [0.2, 0.25) is 10.0 Å². The number of aliphatic carboxylic acids is 1. The van der Waals surface area contributed by atoms with Crippen molar-refractivity contribution >= 4 is 35.1 Å².